The van der Waals surface area contributed by atoms with Gasteiger partial charge in [-0.15, -0.1) is 0 Å². The second-order valence-electron chi connectivity index (χ2n) is 4.35. The Kier molecular flexibility index (Phi) is 4.14. The molecule has 1 aromatic rings. The van der Waals surface area contributed by atoms with E-state index in [1.165, 1.54) is 0 Å². The van der Waals surface area contributed by atoms with Crippen molar-refractivity contribution in [3.05, 3.63) is 17.8 Å². The van der Waals surface area contributed by atoms with Gasteiger partial charge in [-0.05, 0) is 5.92 Å². The third-order valence-corrected chi connectivity index (χ3v) is 1.87. The Morgan fingerprint density at radius 1 is 1.36 bits per heavy atom. The monoisotopic (exact) mass is 196 g/mol. The molecule has 1 N–H and O–H groups in total. The molecule has 0 unspecified atom stereocenters. The molecule has 0 aliphatic heterocycles. The van der Waals surface area contributed by atoms with Crippen molar-refractivity contribution < 1.29 is 4.42 Å². The molecule has 0 aromatic carbocycles. The summed E-state index contributed by atoms with van der Waals surface area (Å²) in [6.45, 7) is 9.29. The van der Waals surface area contributed by atoms with Crippen molar-refractivity contribution in [2.45, 2.75) is 46.7 Å². The van der Waals surface area contributed by atoms with Crippen LogP contribution in [0.4, 0.5) is 0 Å². The number of hydrogen-bond acceptors (Lipinski definition) is 3. The minimum atomic E-state index is 0.468. The molecule has 0 saturated carbocycles. The molecule has 0 aliphatic carbocycles. The summed E-state index contributed by atoms with van der Waals surface area (Å²) in [4.78, 5) is 4.21. The lowest BCUT2D eigenvalue weighted by Gasteiger charge is -2.04. The molecule has 1 aromatic heterocycles. The highest BCUT2D eigenvalue weighted by atomic mass is 16.4. The van der Waals surface area contributed by atoms with Gasteiger partial charge in [0.1, 0.15) is 5.76 Å². The van der Waals surface area contributed by atoms with Crippen LogP contribution >= 0.6 is 0 Å². The van der Waals surface area contributed by atoms with Crippen LogP contribution in [0.5, 0.6) is 0 Å². The van der Waals surface area contributed by atoms with E-state index < -0.39 is 0 Å². The van der Waals surface area contributed by atoms with Crippen molar-refractivity contribution in [3.8, 4) is 0 Å². The van der Waals surface area contributed by atoms with E-state index >= 15 is 0 Å². The fraction of sp³-hybridized carbons (Fsp3) is 0.727. The lowest BCUT2D eigenvalue weighted by Crippen LogP contribution is -2.21. The standard InChI is InChI=1S/C11H20N2O/c1-8(2)5-10-6-13-11(14-10)7-12-9(3)4/h6,8-9,12H,5,7H2,1-4H3. The van der Waals surface area contributed by atoms with Gasteiger partial charge in [-0.2, -0.15) is 0 Å². The fourth-order valence-corrected chi connectivity index (χ4v) is 1.22. The van der Waals surface area contributed by atoms with E-state index in [9.17, 15) is 0 Å². The van der Waals surface area contributed by atoms with Crippen LogP contribution in [0.15, 0.2) is 10.6 Å². The smallest absolute Gasteiger partial charge is 0.208 e. The van der Waals surface area contributed by atoms with Crippen LogP contribution in [0.2, 0.25) is 0 Å². The van der Waals surface area contributed by atoms with Gasteiger partial charge in [-0.25, -0.2) is 4.98 Å². The van der Waals surface area contributed by atoms with Gasteiger partial charge < -0.3 is 9.73 Å². The molecule has 0 aliphatic rings. The largest absolute Gasteiger partial charge is 0.444 e. The van der Waals surface area contributed by atoms with Crippen molar-refractivity contribution in [3.63, 3.8) is 0 Å². The molecule has 0 amide bonds. The third kappa shape index (κ3) is 3.92. The van der Waals surface area contributed by atoms with E-state index in [-0.39, 0.29) is 0 Å². The Balaban J connectivity index is 2.42. The van der Waals surface area contributed by atoms with Crippen molar-refractivity contribution in [1.82, 2.24) is 10.3 Å². The molecular weight excluding hydrogens is 176 g/mol. The topological polar surface area (TPSA) is 38.1 Å². The maximum atomic E-state index is 5.57. The van der Waals surface area contributed by atoms with Gasteiger partial charge in [0.15, 0.2) is 0 Å². The van der Waals surface area contributed by atoms with Crippen LogP contribution in [0.25, 0.3) is 0 Å². The number of oxazole rings is 1. The SMILES string of the molecule is CC(C)Cc1cnc(CNC(C)C)o1. The van der Waals surface area contributed by atoms with Crippen molar-refractivity contribution in [2.24, 2.45) is 5.92 Å². The van der Waals surface area contributed by atoms with Gasteiger partial charge in [0.25, 0.3) is 0 Å². The molecule has 0 atom stereocenters. The number of rotatable bonds is 5. The summed E-state index contributed by atoms with van der Waals surface area (Å²) in [6.07, 6.45) is 2.80. The van der Waals surface area contributed by atoms with Crippen LogP contribution < -0.4 is 5.32 Å². The second kappa shape index (κ2) is 5.15. The Morgan fingerprint density at radius 2 is 2.07 bits per heavy atom. The first-order valence-electron chi connectivity index (χ1n) is 5.25. The molecule has 80 valence electrons. The zero-order valence-corrected chi connectivity index (χ0v) is 9.50. The van der Waals surface area contributed by atoms with Crippen LogP contribution in [-0.2, 0) is 13.0 Å². The van der Waals surface area contributed by atoms with Gasteiger partial charge in [0.2, 0.25) is 5.89 Å². The van der Waals surface area contributed by atoms with E-state index in [0.29, 0.717) is 12.0 Å². The summed E-state index contributed by atoms with van der Waals surface area (Å²) in [5, 5.41) is 3.27. The average molecular weight is 196 g/mol. The van der Waals surface area contributed by atoms with Gasteiger partial charge in [0.05, 0.1) is 12.7 Å². The molecule has 14 heavy (non-hydrogen) atoms. The number of aromatic nitrogens is 1. The van der Waals surface area contributed by atoms with Crippen LogP contribution in [0, 0.1) is 5.92 Å². The highest BCUT2D eigenvalue weighted by Crippen LogP contribution is 2.09. The third-order valence-electron chi connectivity index (χ3n) is 1.87. The van der Waals surface area contributed by atoms with E-state index in [0.717, 1.165) is 24.6 Å². The number of nitrogens with zero attached hydrogens (tertiary/aromatic N) is 1. The van der Waals surface area contributed by atoms with Crippen molar-refractivity contribution in [2.75, 3.05) is 0 Å². The molecular formula is C11H20N2O. The molecule has 0 saturated heterocycles. The summed E-state index contributed by atoms with van der Waals surface area (Å²) in [5.74, 6) is 2.39. The Hall–Kier alpha value is -0.830. The fourth-order valence-electron chi connectivity index (χ4n) is 1.22. The number of hydrogen-bond donors (Lipinski definition) is 1. The summed E-state index contributed by atoms with van der Waals surface area (Å²) in [6, 6.07) is 0.468. The lowest BCUT2D eigenvalue weighted by molar-refractivity contribution is 0.409. The maximum Gasteiger partial charge on any atom is 0.208 e. The predicted molar refractivity (Wildman–Crippen MR) is 57.0 cm³/mol. The van der Waals surface area contributed by atoms with Gasteiger partial charge >= 0.3 is 0 Å². The zero-order valence-electron chi connectivity index (χ0n) is 9.50. The maximum absolute atomic E-state index is 5.57. The van der Waals surface area contributed by atoms with Crippen LogP contribution in [0.3, 0.4) is 0 Å². The lowest BCUT2D eigenvalue weighted by atomic mass is 10.1. The number of nitrogens with one attached hydrogen (secondary N) is 1. The van der Waals surface area contributed by atoms with Crippen LogP contribution in [0.1, 0.15) is 39.3 Å². The first-order chi connectivity index (χ1) is 6.58. The summed E-state index contributed by atoms with van der Waals surface area (Å²) in [7, 11) is 0. The molecule has 0 fully saturated rings. The minimum absolute atomic E-state index is 0.468. The second-order valence-corrected chi connectivity index (χ2v) is 4.35. The predicted octanol–water partition coefficient (Wildman–Crippen LogP) is 2.37. The first kappa shape index (κ1) is 11.2. The van der Waals surface area contributed by atoms with E-state index in [2.05, 4.69) is 38.0 Å². The molecule has 3 heteroatoms. The minimum Gasteiger partial charge on any atom is -0.444 e. The Bertz CT molecular complexity index is 266. The van der Waals surface area contributed by atoms with Crippen molar-refractivity contribution in [1.29, 1.82) is 0 Å². The van der Waals surface area contributed by atoms with E-state index in [1.54, 1.807) is 0 Å². The quantitative estimate of drug-likeness (QED) is 0.785. The summed E-state index contributed by atoms with van der Waals surface area (Å²) < 4.78 is 5.57. The molecule has 0 bridgehead atoms. The normalized spacial score (nSPS) is 11.6. The zero-order chi connectivity index (χ0) is 10.6. The highest BCUT2D eigenvalue weighted by Gasteiger charge is 2.05. The highest BCUT2D eigenvalue weighted by molar-refractivity contribution is 4.94. The van der Waals surface area contributed by atoms with E-state index in [4.69, 9.17) is 4.42 Å². The Labute approximate surface area is 85.9 Å². The van der Waals surface area contributed by atoms with Crippen LogP contribution in [-0.4, -0.2) is 11.0 Å². The first-order valence-corrected chi connectivity index (χ1v) is 5.25. The van der Waals surface area contributed by atoms with E-state index in [1.807, 2.05) is 6.20 Å². The summed E-state index contributed by atoms with van der Waals surface area (Å²) in [5.41, 5.74) is 0. The molecule has 3 nitrogen and oxygen atoms in total. The molecule has 1 rings (SSSR count). The van der Waals surface area contributed by atoms with Crippen molar-refractivity contribution >= 4 is 0 Å². The molecule has 1 heterocycles. The van der Waals surface area contributed by atoms with Gasteiger partial charge in [0, 0.05) is 12.5 Å². The van der Waals surface area contributed by atoms with Gasteiger partial charge in [-0.3, -0.25) is 0 Å². The van der Waals surface area contributed by atoms with Gasteiger partial charge in [-0.1, -0.05) is 27.7 Å². The summed E-state index contributed by atoms with van der Waals surface area (Å²) >= 11 is 0. The average Bonchev–Trinajstić information content (AvgIpc) is 2.47. The molecule has 0 radical (unpaired) electrons. The Morgan fingerprint density at radius 3 is 2.64 bits per heavy atom. The molecule has 0 spiro atoms.